The third-order valence-electron chi connectivity index (χ3n) is 0.175. The van der Waals surface area contributed by atoms with E-state index in [1.165, 1.54) is 0 Å². The van der Waals surface area contributed by atoms with Crippen molar-refractivity contribution in [1.29, 1.82) is 0 Å². The molecule has 4 nitrogen and oxygen atoms in total. The minimum atomic E-state index is -0.968. The summed E-state index contributed by atoms with van der Waals surface area (Å²) in [6.45, 7) is 3.61. The van der Waals surface area contributed by atoms with E-state index in [9.17, 15) is 4.79 Å². The van der Waals surface area contributed by atoms with Crippen molar-refractivity contribution in [2.75, 3.05) is 6.54 Å². The highest BCUT2D eigenvalue weighted by Crippen LogP contribution is 1.58. The Morgan fingerprint density at radius 1 is 1.67 bits per heavy atom. The predicted molar refractivity (Wildman–Crippen MR) is 36.0 cm³/mol. The summed E-state index contributed by atoms with van der Waals surface area (Å²) in [5.74, 6) is -0.968. The minimum Gasteiger partial charge on any atom is -0.480 e. The summed E-state index contributed by atoms with van der Waals surface area (Å²) in [7, 11) is 0. The molecule has 0 heterocycles. The highest BCUT2D eigenvalue weighted by molar-refractivity contribution is 5.68. The van der Waals surface area contributed by atoms with Crippen molar-refractivity contribution in [3.8, 4) is 0 Å². The molecule has 0 saturated carbocycles. The molecule has 0 aliphatic carbocycles. The van der Waals surface area contributed by atoms with Gasteiger partial charge >= 0.3 is 5.97 Å². The van der Waals surface area contributed by atoms with Crippen LogP contribution in [0.25, 0.3) is 0 Å². The van der Waals surface area contributed by atoms with E-state index in [2.05, 4.69) is 5.73 Å². The van der Waals surface area contributed by atoms with Crippen molar-refractivity contribution in [3.63, 3.8) is 0 Å². The normalized spacial score (nSPS) is 8.11. The average molecular weight is 134 g/mol. The summed E-state index contributed by atoms with van der Waals surface area (Å²) in [6, 6.07) is 0.333. The van der Waals surface area contributed by atoms with Gasteiger partial charge in [0, 0.05) is 0 Å². The Bertz CT molecular complexity index is 70.6. The molecule has 0 aliphatic heterocycles. The Kier molecular flexibility index (Phi) is 9.21. The Labute approximate surface area is 54.8 Å². The van der Waals surface area contributed by atoms with Crippen molar-refractivity contribution >= 4 is 5.97 Å². The number of rotatable bonds is 1. The zero-order valence-corrected chi connectivity index (χ0v) is 5.79. The summed E-state index contributed by atoms with van der Waals surface area (Å²) >= 11 is 0. The molecule has 0 aliphatic rings. The van der Waals surface area contributed by atoms with Crippen LogP contribution < -0.4 is 11.5 Å². The zero-order valence-electron chi connectivity index (χ0n) is 5.79. The molecular formula is C5H14N2O2. The van der Waals surface area contributed by atoms with Crippen LogP contribution in [0.1, 0.15) is 13.8 Å². The van der Waals surface area contributed by atoms with Gasteiger partial charge in [-0.3, -0.25) is 4.79 Å². The Morgan fingerprint density at radius 3 is 1.78 bits per heavy atom. The molecule has 0 spiro atoms. The molecule has 0 rings (SSSR count). The zero-order chi connectivity index (χ0) is 7.86. The van der Waals surface area contributed by atoms with Crippen LogP contribution in [0.5, 0.6) is 0 Å². The minimum absolute atomic E-state index is 0.278. The number of carboxylic acids is 1. The van der Waals surface area contributed by atoms with Crippen molar-refractivity contribution < 1.29 is 9.90 Å². The van der Waals surface area contributed by atoms with Crippen molar-refractivity contribution in [3.05, 3.63) is 0 Å². The predicted octanol–water partition coefficient (Wildman–Crippen LogP) is -0.617. The summed E-state index contributed by atoms with van der Waals surface area (Å²) in [5, 5.41) is 7.60. The SMILES string of the molecule is CC(C)N.NCC(=O)O. The Hall–Kier alpha value is -0.610. The summed E-state index contributed by atoms with van der Waals surface area (Å²) in [5.41, 5.74) is 9.68. The topological polar surface area (TPSA) is 89.3 Å². The molecule has 0 amide bonds. The highest BCUT2D eigenvalue weighted by Gasteiger charge is 1.81. The molecule has 5 N–H and O–H groups in total. The van der Waals surface area contributed by atoms with E-state index in [0.29, 0.717) is 6.04 Å². The molecule has 0 bridgehead atoms. The van der Waals surface area contributed by atoms with E-state index >= 15 is 0 Å². The van der Waals surface area contributed by atoms with Crippen LogP contribution >= 0.6 is 0 Å². The lowest BCUT2D eigenvalue weighted by Gasteiger charge is -1.81. The molecule has 0 unspecified atom stereocenters. The molecule has 0 atom stereocenters. The van der Waals surface area contributed by atoms with Crippen molar-refractivity contribution in [2.24, 2.45) is 11.5 Å². The Balaban J connectivity index is 0. The first-order chi connectivity index (χ1) is 4.00. The molecule has 9 heavy (non-hydrogen) atoms. The fourth-order valence-electron chi connectivity index (χ4n) is 0. The van der Waals surface area contributed by atoms with Gasteiger partial charge in [-0.05, 0) is 6.04 Å². The molecule has 0 saturated heterocycles. The highest BCUT2D eigenvalue weighted by atomic mass is 16.4. The van der Waals surface area contributed by atoms with E-state index in [4.69, 9.17) is 10.8 Å². The first kappa shape index (κ1) is 11.2. The lowest BCUT2D eigenvalue weighted by atomic mass is 10.5. The molecule has 0 aromatic carbocycles. The van der Waals surface area contributed by atoms with E-state index in [0.717, 1.165) is 0 Å². The van der Waals surface area contributed by atoms with Crippen LogP contribution in [-0.2, 0) is 4.79 Å². The smallest absolute Gasteiger partial charge is 0.317 e. The van der Waals surface area contributed by atoms with Crippen molar-refractivity contribution in [1.82, 2.24) is 0 Å². The van der Waals surface area contributed by atoms with Gasteiger partial charge in [-0.15, -0.1) is 0 Å². The maximum Gasteiger partial charge on any atom is 0.317 e. The molecule has 56 valence electrons. The van der Waals surface area contributed by atoms with Gasteiger partial charge in [-0.25, -0.2) is 0 Å². The monoisotopic (exact) mass is 134 g/mol. The summed E-state index contributed by atoms with van der Waals surface area (Å²) in [4.78, 5) is 9.24. The average Bonchev–Trinajstić information content (AvgIpc) is 1.65. The number of nitrogens with two attached hydrogens (primary N) is 2. The maximum absolute atomic E-state index is 9.24. The summed E-state index contributed by atoms with van der Waals surface area (Å²) < 4.78 is 0. The van der Waals surface area contributed by atoms with Gasteiger partial charge in [0.25, 0.3) is 0 Å². The quantitative estimate of drug-likeness (QED) is 0.446. The van der Waals surface area contributed by atoms with Crippen LogP contribution in [-0.4, -0.2) is 23.7 Å². The van der Waals surface area contributed by atoms with E-state index in [1.54, 1.807) is 0 Å². The van der Waals surface area contributed by atoms with Crippen LogP contribution in [0.15, 0.2) is 0 Å². The molecule has 0 fully saturated rings. The maximum atomic E-state index is 9.24. The van der Waals surface area contributed by atoms with E-state index in [1.807, 2.05) is 13.8 Å². The summed E-state index contributed by atoms with van der Waals surface area (Å²) in [6.07, 6.45) is 0. The number of hydrogen-bond donors (Lipinski definition) is 3. The lowest BCUT2D eigenvalue weighted by Crippen LogP contribution is -2.10. The van der Waals surface area contributed by atoms with Gasteiger partial charge in [0.05, 0.1) is 6.54 Å². The molecule has 4 heteroatoms. The number of carbonyl (C=O) groups is 1. The molecule has 0 radical (unpaired) electrons. The second-order valence-electron chi connectivity index (χ2n) is 1.84. The number of hydrogen-bond acceptors (Lipinski definition) is 3. The van der Waals surface area contributed by atoms with Gasteiger partial charge < -0.3 is 16.6 Å². The van der Waals surface area contributed by atoms with E-state index < -0.39 is 5.97 Å². The molecule has 0 aromatic heterocycles. The first-order valence-corrected chi connectivity index (χ1v) is 2.68. The third-order valence-corrected chi connectivity index (χ3v) is 0.175. The van der Waals surface area contributed by atoms with Gasteiger partial charge in [0.1, 0.15) is 0 Å². The van der Waals surface area contributed by atoms with Gasteiger partial charge in [0.2, 0.25) is 0 Å². The largest absolute Gasteiger partial charge is 0.480 e. The third kappa shape index (κ3) is 111. The van der Waals surface area contributed by atoms with Crippen LogP contribution in [0, 0.1) is 0 Å². The van der Waals surface area contributed by atoms with Gasteiger partial charge in [-0.1, -0.05) is 13.8 Å². The lowest BCUT2D eigenvalue weighted by molar-refractivity contribution is -0.135. The molecule has 0 aromatic rings. The second-order valence-corrected chi connectivity index (χ2v) is 1.84. The number of aliphatic carboxylic acids is 1. The van der Waals surface area contributed by atoms with Gasteiger partial charge in [-0.2, -0.15) is 0 Å². The standard InChI is InChI=1S/C3H9N.C2H5NO2/c1-3(2)4;3-1-2(4)5/h3H,4H2,1-2H3;1,3H2,(H,4,5). The fraction of sp³-hybridized carbons (Fsp3) is 0.800. The fourth-order valence-corrected chi connectivity index (χ4v) is 0. The van der Waals surface area contributed by atoms with Crippen LogP contribution in [0.2, 0.25) is 0 Å². The number of carboxylic acid groups (broad SMARTS) is 1. The second kappa shape index (κ2) is 7.39. The van der Waals surface area contributed by atoms with E-state index in [-0.39, 0.29) is 6.54 Å². The van der Waals surface area contributed by atoms with Crippen LogP contribution in [0.4, 0.5) is 0 Å². The Morgan fingerprint density at radius 2 is 1.78 bits per heavy atom. The first-order valence-electron chi connectivity index (χ1n) is 2.68. The molecular weight excluding hydrogens is 120 g/mol. The van der Waals surface area contributed by atoms with Crippen LogP contribution in [0.3, 0.4) is 0 Å². The van der Waals surface area contributed by atoms with Crippen molar-refractivity contribution in [2.45, 2.75) is 19.9 Å². The van der Waals surface area contributed by atoms with Gasteiger partial charge in [0.15, 0.2) is 0 Å².